The summed E-state index contributed by atoms with van der Waals surface area (Å²) >= 11 is 1.69. The third-order valence-electron chi connectivity index (χ3n) is 4.69. The van der Waals surface area contributed by atoms with Crippen LogP contribution in [0.25, 0.3) is 12.3 Å². The summed E-state index contributed by atoms with van der Waals surface area (Å²) in [6.07, 6.45) is 8.83. The van der Waals surface area contributed by atoms with Crippen LogP contribution in [-0.2, 0) is 16.6 Å². The Hall–Kier alpha value is -2.92. The Bertz CT molecular complexity index is 955. The number of carbonyl (C=O) groups is 1. The molecule has 1 aliphatic rings. The van der Waals surface area contributed by atoms with E-state index in [-0.39, 0.29) is 5.41 Å². The predicted octanol–water partition coefficient (Wildman–Crippen LogP) is 3.75. The average molecular weight is 347 g/mol. The van der Waals surface area contributed by atoms with E-state index in [4.69, 9.17) is 5.73 Å². The Balaban J connectivity index is 1.91. The number of carbonyl (C=O) groups excluding carboxylic acids is 1. The van der Waals surface area contributed by atoms with Crippen LogP contribution < -0.4 is 5.73 Å². The second kappa shape index (κ2) is 6.18. The SMILES string of the molecule is Nc1nn(C=CC=O)c2c1C=CC(c1ccccc1)(c1ccsc1)C2. The number of fused-ring (bicyclic) bond motifs is 1. The highest BCUT2D eigenvalue weighted by Crippen LogP contribution is 2.43. The van der Waals surface area contributed by atoms with Crippen molar-refractivity contribution in [2.45, 2.75) is 11.8 Å². The molecule has 0 amide bonds. The minimum Gasteiger partial charge on any atom is -0.382 e. The van der Waals surface area contributed by atoms with Crippen LogP contribution in [-0.4, -0.2) is 16.1 Å². The van der Waals surface area contributed by atoms with Crippen LogP contribution in [0.15, 0.2) is 59.3 Å². The molecule has 1 aliphatic carbocycles. The Morgan fingerprint density at radius 2 is 2.04 bits per heavy atom. The fraction of sp³-hybridized carbons (Fsp3) is 0.100. The summed E-state index contributed by atoms with van der Waals surface area (Å²) in [7, 11) is 0. The molecule has 1 atom stereocenters. The van der Waals surface area contributed by atoms with Gasteiger partial charge in [0.1, 0.15) is 6.29 Å². The predicted molar refractivity (Wildman–Crippen MR) is 102 cm³/mol. The summed E-state index contributed by atoms with van der Waals surface area (Å²) in [5.41, 5.74) is 10.2. The number of hydrogen-bond acceptors (Lipinski definition) is 4. The molecule has 4 rings (SSSR count). The van der Waals surface area contributed by atoms with E-state index < -0.39 is 0 Å². The molecular formula is C20H17N3OS. The summed E-state index contributed by atoms with van der Waals surface area (Å²) < 4.78 is 1.71. The first kappa shape index (κ1) is 15.6. The number of nitrogen functional groups attached to an aromatic ring is 1. The van der Waals surface area contributed by atoms with Gasteiger partial charge in [0.05, 0.1) is 5.69 Å². The Kier molecular flexibility index (Phi) is 3.86. The summed E-state index contributed by atoms with van der Waals surface area (Å²) in [5.74, 6) is 0.480. The minimum atomic E-state index is -0.270. The molecule has 4 nitrogen and oxygen atoms in total. The van der Waals surface area contributed by atoms with Crippen molar-refractivity contribution in [1.82, 2.24) is 9.78 Å². The zero-order valence-corrected chi connectivity index (χ0v) is 14.3. The van der Waals surface area contributed by atoms with Crippen molar-refractivity contribution in [3.05, 3.63) is 81.7 Å². The van der Waals surface area contributed by atoms with Crippen LogP contribution in [0.2, 0.25) is 0 Å². The highest BCUT2D eigenvalue weighted by atomic mass is 32.1. The van der Waals surface area contributed by atoms with E-state index in [2.05, 4.69) is 58.3 Å². The zero-order valence-electron chi connectivity index (χ0n) is 13.5. The highest BCUT2D eigenvalue weighted by molar-refractivity contribution is 7.08. The standard InChI is InChI=1S/C20H17N3OS/c21-19-17-7-9-20(16-8-12-25-14-16,15-5-2-1-3-6-15)13-18(17)23(22-19)10-4-11-24/h1-12,14H,13H2,(H2,21,22). The fourth-order valence-corrected chi connectivity index (χ4v) is 4.20. The molecule has 0 bridgehead atoms. The number of nitrogens with two attached hydrogens (primary N) is 1. The third-order valence-corrected chi connectivity index (χ3v) is 5.37. The quantitative estimate of drug-likeness (QED) is 0.577. The molecule has 25 heavy (non-hydrogen) atoms. The van der Waals surface area contributed by atoms with Gasteiger partial charge in [0.25, 0.3) is 0 Å². The summed E-state index contributed by atoms with van der Waals surface area (Å²) in [6.45, 7) is 0. The monoisotopic (exact) mass is 347 g/mol. The first-order valence-electron chi connectivity index (χ1n) is 8.01. The lowest BCUT2D eigenvalue weighted by molar-refractivity contribution is -0.104. The van der Waals surface area contributed by atoms with Gasteiger partial charge in [0.2, 0.25) is 0 Å². The normalized spacial score (nSPS) is 19.2. The maximum Gasteiger partial charge on any atom is 0.153 e. The molecule has 0 fully saturated rings. The lowest BCUT2D eigenvalue weighted by atomic mass is 9.69. The van der Waals surface area contributed by atoms with E-state index in [1.54, 1.807) is 22.2 Å². The van der Waals surface area contributed by atoms with Crippen molar-refractivity contribution in [1.29, 1.82) is 0 Å². The van der Waals surface area contributed by atoms with Crippen molar-refractivity contribution in [2.24, 2.45) is 0 Å². The summed E-state index contributed by atoms with van der Waals surface area (Å²) in [5, 5.41) is 8.66. The molecule has 1 unspecified atom stereocenters. The number of aldehydes is 1. The first-order valence-corrected chi connectivity index (χ1v) is 8.95. The number of anilines is 1. The van der Waals surface area contributed by atoms with E-state index in [1.165, 1.54) is 17.2 Å². The average Bonchev–Trinajstić information content (AvgIpc) is 3.29. The molecule has 2 aromatic heterocycles. The maximum atomic E-state index is 10.7. The number of nitrogens with zero attached hydrogens (tertiary/aromatic N) is 2. The van der Waals surface area contributed by atoms with Gasteiger partial charge < -0.3 is 5.73 Å². The van der Waals surface area contributed by atoms with Gasteiger partial charge in [-0.25, -0.2) is 4.68 Å². The number of hydrogen-bond donors (Lipinski definition) is 1. The Morgan fingerprint density at radius 1 is 1.20 bits per heavy atom. The summed E-state index contributed by atoms with van der Waals surface area (Å²) in [4.78, 5) is 10.7. The molecule has 5 heteroatoms. The topological polar surface area (TPSA) is 60.9 Å². The molecule has 1 aromatic carbocycles. The molecule has 0 spiro atoms. The molecule has 2 heterocycles. The van der Waals surface area contributed by atoms with E-state index in [1.807, 2.05) is 6.07 Å². The first-order chi connectivity index (χ1) is 12.2. The molecule has 124 valence electrons. The van der Waals surface area contributed by atoms with Crippen molar-refractivity contribution >= 4 is 35.7 Å². The van der Waals surface area contributed by atoms with Crippen LogP contribution >= 0.6 is 11.3 Å². The van der Waals surface area contributed by atoms with Crippen molar-refractivity contribution in [2.75, 3.05) is 5.73 Å². The van der Waals surface area contributed by atoms with Gasteiger partial charge in [0.15, 0.2) is 5.82 Å². The van der Waals surface area contributed by atoms with Crippen molar-refractivity contribution < 1.29 is 4.79 Å². The fourth-order valence-electron chi connectivity index (χ4n) is 3.47. The van der Waals surface area contributed by atoms with Crippen molar-refractivity contribution in [3.63, 3.8) is 0 Å². The molecule has 0 saturated heterocycles. The molecule has 0 radical (unpaired) electrons. The molecule has 2 N–H and O–H groups in total. The highest BCUT2D eigenvalue weighted by Gasteiger charge is 2.37. The number of aromatic nitrogens is 2. The number of benzene rings is 1. The summed E-state index contributed by atoms with van der Waals surface area (Å²) in [6, 6.07) is 12.6. The molecule has 0 aliphatic heterocycles. The Labute approximate surface area is 149 Å². The zero-order chi connectivity index (χ0) is 17.3. The van der Waals surface area contributed by atoms with Crippen LogP contribution in [0.3, 0.4) is 0 Å². The van der Waals surface area contributed by atoms with Gasteiger partial charge >= 0.3 is 0 Å². The van der Waals surface area contributed by atoms with Crippen LogP contribution in [0.1, 0.15) is 22.4 Å². The van der Waals surface area contributed by atoms with E-state index in [9.17, 15) is 4.79 Å². The second-order valence-electron chi connectivity index (χ2n) is 6.03. The lowest BCUT2D eigenvalue weighted by Crippen LogP contribution is -2.30. The van der Waals surface area contributed by atoms with E-state index in [0.29, 0.717) is 5.82 Å². The van der Waals surface area contributed by atoms with Gasteiger partial charge in [-0.2, -0.15) is 16.4 Å². The number of allylic oxidation sites excluding steroid dienone is 2. The Morgan fingerprint density at radius 3 is 2.76 bits per heavy atom. The van der Waals surface area contributed by atoms with Crippen molar-refractivity contribution in [3.8, 4) is 0 Å². The molecular weight excluding hydrogens is 330 g/mol. The van der Waals surface area contributed by atoms with Crippen LogP contribution in [0.5, 0.6) is 0 Å². The van der Waals surface area contributed by atoms with Gasteiger partial charge in [-0.3, -0.25) is 4.79 Å². The van der Waals surface area contributed by atoms with Crippen LogP contribution in [0, 0.1) is 0 Å². The van der Waals surface area contributed by atoms with Gasteiger partial charge in [-0.15, -0.1) is 0 Å². The number of thiophene rings is 1. The minimum absolute atomic E-state index is 0.270. The van der Waals surface area contributed by atoms with E-state index >= 15 is 0 Å². The second-order valence-corrected chi connectivity index (χ2v) is 6.81. The molecule has 0 saturated carbocycles. The van der Waals surface area contributed by atoms with Gasteiger partial charge in [0, 0.05) is 23.6 Å². The largest absolute Gasteiger partial charge is 0.382 e. The number of rotatable bonds is 4. The lowest BCUT2D eigenvalue weighted by Gasteiger charge is -2.34. The van der Waals surface area contributed by atoms with Gasteiger partial charge in [-0.05, 0) is 34.0 Å². The van der Waals surface area contributed by atoms with E-state index in [0.717, 1.165) is 24.0 Å². The molecule has 3 aromatic rings. The third kappa shape index (κ3) is 2.53. The van der Waals surface area contributed by atoms with Gasteiger partial charge in [-0.1, -0.05) is 42.5 Å². The smallest absolute Gasteiger partial charge is 0.153 e. The van der Waals surface area contributed by atoms with Crippen LogP contribution in [0.4, 0.5) is 5.82 Å². The maximum absolute atomic E-state index is 10.7.